The fourth-order valence-electron chi connectivity index (χ4n) is 2.64. The van der Waals surface area contributed by atoms with Crippen molar-refractivity contribution in [3.8, 4) is 0 Å². The molecule has 0 bridgehead atoms. The van der Waals surface area contributed by atoms with Crippen LogP contribution in [0.1, 0.15) is 27.7 Å². The van der Waals surface area contributed by atoms with Crippen molar-refractivity contribution in [1.29, 1.82) is 0 Å². The van der Waals surface area contributed by atoms with Crippen LogP contribution in [0.25, 0.3) is 0 Å². The number of rotatable bonds is 5. The molecule has 16 heavy (non-hydrogen) atoms. The van der Waals surface area contributed by atoms with Gasteiger partial charge in [0.05, 0.1) is 12.2 Å². The second-order valence-corrected chi connectivity index (χ2v) is 5.64. The van der Waals surface area contributed by atoms with Crippen LogP contribution >= 0.6 is 0 Å². The molecule has 0 radical (unpaired) electrons. The minimum absolute atomic E-state index is 0.393. The Kier molecular flexibility index (Phi) is 5.22. The van der Waals surface area contributed by atoms with Crippen LogP contribution in [0.15, 0.2) is 0 Å². The van der Waals surface area contributed by atoms with Crippen LogP contribution in [0.2, 0.25) is 0 Å². The zero-order valence-electron chi connectivity index (χ0n) is 11.7. The van der Waals surface area contributed by atoms with Gasteiger partial charge in [0, 0.05) is 25.0 Å². The van der Waals surface area contributed by atoms with Gasteiger partial charge >= 0.3 is 0 Å². The average Bonchev–Trinajstić information content (AvgIpc) is 2.38. The Bertz CT molecular complexity index is 208. The highest BCUT2D eigenvalue weighted by Crippen LogP contribution is 2.31. The number of hydrogen-bond donors (Lipinski definition) is 1. The predicted octanol–water partition coefficient (Wildman–Crippen LogP) is 1.59. The van der Waals surface area contributed by atoms with E-state index in [-0.39, 0.29) is 0 Å². The summed E-state index contributed by atoms with van der Waals surface area (Å²) in [6, 6.07) is 0.547. The van der Waals surface area contributed by atoms with Crippen molar-refractivity contribution < 1.29 is 4.74 Å². The number of ether oxygens (including phenoxy) is 1. The quantitative estimate of drug-likeness (QED) is 0.773. The maximum atomic E-state index is 5.85. The molecule has 5 atom stereocenters. The summed E-state index contributed by atoms with van der Waals surface area (Å²) in [5, 5.41) is 3.62. The molecule has 0 aromatic carbocycles. The zero-order chi connectivity index (χ0) is 12.3. The first-order valence-electron chi connectivity index (χ1n) is 6.45. The van der Waals surface area contributed by atoms with Crippen LogP contribution < -0.4 is 5.32 Å². The van der Waals surface area contributed by atoms with Gasteiger partial charge in [-0.1, -0.05) is 6.92 Å². The summed E-state index contributed by atoms with van der Waals surface area (Å²) in [4.78, 5) is 2.22. The highest BCUT2D eigenvalue weighted by atomic mass is 16.5. The minimum Gasteiger partial charge on any atom is -0.375 e. The molecule has 0 aliphatic carbocycles. The van der Waals surface area contributed by atoms with E-state index in [4.69, 9.17) is 4.74 Å². The van der Waals surface area contributed by atoms with Gasteiger partial charge in [-0.25, -0.2) is 0 Å². The average molecular weight is 228 g/mol. The topological polar surface area (TPSA) is 24.5 Å². The van der Waals surface area contributed by atoms with Crippen LogP contribution in [0.4, 0.5) is 0 Å². The molecule has 1 aliphatic heterocycles. The first-order valence-corrected chi connectivity index (χ1v) is 6.45. The molecular formula is C13H28N2O. The number of nitrogens with zero attached hydrogens (tertiary/aromatic N) is 1. The molecule has 3 heteroatoms. The van der Waals surface area contributed by atoms with Gasteiger partial charge < -0.3 is 15.0 Å². The van der Waals surface area contributed by atoms with Gasteiger partial charge in [-0.05, 0) is 40.8 Å². The van der Waals surface area contributed by atoms with Crippen molar-refractivity contribution >= 4 is 0 Å². The molecule has 1 N–H and O–H groups in total. The Morgan fingerprint density at radius 1 is 1.19 bits per heavy atom. The van der Waals surface area contributed by atoms with Gasteiger partial charge in [-0.15, -0.1) is 0 Å². The molecule has 1 fully saturated rings. The number of nitrogens with one attached hydrogen (secondary N) is 1. The van der Waals surface area contributed by atoms with Crippen LogP contribution in [-0.2, 0) is 4.74 Å². The van der Waals surface area contributed by atoms with E-state index >= 15 is 0 Å². The third-order valence-corrected chi connectivity index (χ3v) is 3.79. The molecule has 1 aliphatic rings. The standard InChI is InChI=1S/C13H28N2O/c1-9(8-15(5)6)14-7-13-10(2)11(3)16-12(13)4/h9-14H,7-8H2,1-6H3. The zero-order valence-corrected chi connectivity index (χ0v) is 11.7. The summed E-state index contributed by atoms with van der Waals surface area (Å²) in [5.74, 6) is 1.31. The Morgan fingerprint density at radius 2 is 1.81 bits per heavy atom. The van der Waals surface area contributed by atoms with Crippen LogP contribution in [0.5, 0.6) is 0 Å². The van der Waals surface area contributed by atoms with Gasteiger partial charge in [0.25, 0.3) is 0 Å². The van der Waals surface area contributed by atoms with E-state index in [1.807, 2.05) is 0 Å². The van der Waals surface area contributed by atoms with E-state index in [0.29, 0.717) is 30.1 Å². The smallest absolute Gasteiger partial charge is 0.0594 e. The second kappa shape index (κ2) is 5.99. The molecule has 3 nitrogen and oxygen atoms in total. The van der Waals surface area contributed by atoms with Crippen molar-refractivity contribution in [2.24, 2.45) is 11.8 Å². The number of hydrogen-bond acceptors (Lipinski definition) is 3. The Labute approximate surface area is 101 Å². The SMILES string of the molecule is CC(CN(C)C)NCC1C(C)OC(C)C1C. The molecule has 0 saturated carbocycles. The van der Waals surface area contributed by atoms with E-state index in [1.54, 1.807) is 0 Å². The summed E-state index contributed by atoms with van der Waals surface area (Å²) in [5.41, 5.74) is 0. The maximum Gasteiger partial charge on any atom is 0.0594 e. The van der Waals surface area contributed by atoms with Crippen molar-refractivity contribution in [1.82, 2.24) is 10.2 Å². The van der Waals surface area contributed by atoms with Gasteiger partial charge in [0.2, 0.25) is 0 Å². The van der Waals surface area contributed by atoms with Gasteiger partial charge in [0.15, 0.2) is 0 Å². The fourth-order valence-corrected chi connectivity index (χ4v) is 2.64. The van der Waals surface area contributed by atoms with Crippen molar-refractivity contribution in [2.75, 3.05) is 27.2 Å². The molecular weight excluding hydrogens is 200 g/mol. The monoisotopic (exact) mass is 228 g/mol. The van der Waals surface area contributed by atoms with Gasteiger partial charge in [-0.2, -0.15) is 0 Å². The molecule has 0 aromatic rings. The van der Waals surface area contributed by atoms with E-state index in [0.717, 1.165) is 13.1 Å². The molecule has 0 amide bonds. The lowest BCUT2D eigenvalue weighted by molar-refractivity contribution is 0.0509. The molecule has 0 aromatic heterocycles. The van der Waals surface area contributed by atoms with Gasteiger partial charge in [0.1, 0.15) is 0 Å². The lowest BCUT2D eigenvalue weighted by atomic mass is 9.89. The molecule has 0 spiro atoms. The summed E-state index contributed by atoms with van der Waals surface area (Å²) in [6.07, 6.45) is 0.801. The van der Waals surface area contributed by atoms with Gasteiger partial charge in [-0.3, -0.25) is 0 Å². The molecule has 96 valence electrons. The Hall–Kier alpha value is -0.120. The lowest BCUT2D eigenvalue weighted by Crippen LogP contribution is -2.40. The third kappa shape index (κ3) is 3.72. The third-order valence-electron chi connectivity index (χ3n) is 3.79. The van der Waals surface area contributed by atoms with Crippen LogP contribution in [0.3, 0.4) is 0 Å². The van der Waals surface area contributed by atoms with Crippen LogP contribution in [0, 0.1) is 11.8 Å². The summed E-state index contributed by atoms with van der Waals surface area (Å²) < 4.78 is 5.85. The summed E-state index contributed by atoms with van der Waals surface area (Å²) >= 11 is 0. The normalized spacial score (nSPS) is 36.9. The van der Waals surface area contributed by atoms with Crippen molar-refractivity contribution in [3.05, 3.63) is 0 Å². The molecule has 1 saturated heterocycles. The Balaban J connectivity index is 2.32. The van der Waals surface area contributed by atoms with Crippen LogP contribution in [-0.4, -0.2) is 50.3 Å². The highest BCUT2D eigenvalue weighted by Gasteiger charge is 2.36. The Morgan fingerprint density at radius 3 is 2.25 bits per heavy atom. The first-order chi connectivity index (χ1) is 7.41. The lowest BCUT2D eigenvalue weighted by Gasteiger charge is -2.23. The molecule has 1 rings (SSSR count). The minimum atomic E-state index is 0.393. The fraction of sp³-hybridized carbons (Fsp3) is 1.00. The number of likely N-dealkylation sites (N-methyl/N-ethyl adjacent to an activating group) is 1. The van der Waals surface area contributed by atoms with E-state index in [2.05, 4.69) is 52.0 Å². The summed E-state index contributed by atoms with van der Waals surface area (Å²) in [6.45, 7) is 11.1. The second-order valence-electron chi connectivity index (χ2n) is 5.64. The summed E-state index contributed by atoms with van der Waals surface area (Å²) in [7, 11) is 4.23. The molecule has 5 unspecified atom stereocenters. The first kappa shape index (κ1) is 13.9. The largest absolute Gasteiger partial charge is 0.375 e. The maximum absolute atomic E-state index is 5.85. The van der Waals surface area contributed by atoms with E-state index < -0.39 is 0 Å². The molecule has 1 heterocycles. The predicted molar refractivity (Wildman–Crippen MR) is 68.7 cm³/mol. The van der Waals surface area contributed by atoms with Crippen molar-refractivity contribution in [2.45, 2.75) is 45.9 Å². The van der Waals surface area contributed by atoms with E-state index in [9.17, 15) is 0 Å². The van der Waals surface area contributed by atoms with E-state index in [1.165, 1.54) is 0 Å². The highest BCUT2D eigenvalue weighted by molar-refractivity contribution is 4.85. The van der Waals surface area contributed by atoms with Crippen molar-refractivity contribution in [3.63, 3.8) is 0 Å².